The molecule has 0 saturated heterocycles. The summed E-state index contributed by atoms with van der Waals surface area (Å²) in [7, 11) is -1.64. The van der Waals surface area contributed by atoms with E-state index in [0.717, 1.165) is 12.8 Å². The third-order valence-corrected chi connectivity index (χ3v) is 1.06. The Hall–Kier alpha value is 0.235. The van der Waals surface area contributed by atoms with Crippen LogP contribution in [0.3, 0.4) is 0 Å². The van der Waals surface area contributed by atoms with E-state index in [4.69, 9.17) is 21.6 Å². The first-order valence-corrected chi connectivity index (χ1v) is 3.34. The number of hydrogen-bond acceptors (Lipinski definition) is 3. The molecule has 0 unspecified atom stereocenters. The number of rotatable bonds is 5. The summed E-state index contributed by atoms with van der Waals surface area (Å²) in [4.78, 5) is 0. The summed E-state index contributed by atoms with van der Waals surface area (Å²) in [6.07, 6.45) is 1.61. The summed E-state index contributed by atoms with van der Waals surface area (Å²) in [5.41, 5.74) is 0. The molecule has 0 spiro atoms. The van der Waals surface area contributed by atoms with Crippen LogP contribution in [0.15, 0.2) is 0 Å². The van der Waals surface area contributed by atoms with E-state index in [1.165, 1.54) is 0 Å². The minimum Gasteiger partial charge on any atom is -0.402 e. The van der Waals surface area contributed by atoms with Gasteiger partial charge >= 0.3 is 7.32 Å². The molecule has 0 amide bonds. The van der Waals surface area contributed by atoms with Crippen molar-refractivity contribution in [3.63, 3.8) is 0 Å². The Morgan fingerprint density at radius 3 is 2.44 bits per heavy atom. The van der Waals surface area contributed by atoms with Crippen molar-refractivity contribution in [3.05, 3.63) is 0 Å². The van der Waals surface area contributed by atoms with Gasteiger partial charge in [-0.05, 0) is 12.8 Å². The summed E-state index contributed by atoms with van der Waals surface area (Å²) in [6, 6.07) is 0. The SMILES string of the molecule is OB(O)OCCCCCl. The van der Waals surface area contributed by atoms with Gasteiger partial charge in [-0.25, -0.2) is 0 Å². The van der Waals surface area contributed by atoms with Gasteiger partial charge in [-0.1, -0.05) is 0 Å². The van der Waals surface area contributed by atoms with Crippen LogP contribution < -0.4 is 0 Å². The Morgan fingerprint density at radius 1 is 1.33 bits per heavy atom. The lowest BCUT2D eigenvalue weighted by molar-refractivity contribution is 0.183. The number of unbranched alkanes of at least 4 members (excludes halogenated alkanes) is 1. The van der Waals surface area contributed by atoms with Crippen LogP contribution in [0.4, 0.5) is 0 Å². The van der Waals surface area contributed by atoms with Crippen LogP contribution >= 0.6 is 11.6 Å². The normalized spacial score (nSPS) is 9.67. The van der Waals surface area contributed by atoms with Crippen LogP contribution in [-0.4, -0.2) is 29.9 Å². The molecule has 0 saturated carbocycles. The molecule has 0 aliphatic rings. The molecule has 0 aliphatic heterocycles. The van der Waals surface area contributed by atoms with Gasteiger partial charge < -0.3 is 14.7 Å². The fraction of sp³-hybridized carbons (Fsp3) is 1.00. The van der Waals surface area contributed by atoms with E-state index in [0.29, 0.717) is 12.5 Å². The maximum Gasteiger partial charge on any atom is 0.633 e. The van der Waals surface area contributed by atoms with E-state index >= 15 is 0 Å². The molecule has 0 aromatic heterocycles. The van der Waals surface area contributed by atoms with E-state index < -0.39 is 7.32 Å². The topological polar surface area (TPSA) is 49.7 Å². The van der Waals surface area contributed by atoms with Gasteiger partial charge in [-0.15, -0.1) is 11.6 Å². The summed E-state index contributed by atoms with van der Waals surface area (Å²) >= 11 is 5.34. The van der Waals surface area contributed by atoms with Crippen LogP contribution in [0.25, 0.3) is 0 Å². The molecule has 0 atom stereocenters. The Labute approximate surface area is 59.8 Å². The van der Waals surface area contributed by atoms with Gasteiger partial charge in [0.15, 0.2) is 0 Å². The highest BCUT2D eigenvalue weighted by atomic mass is 35.5. The highest BCUT2D eigenvalue weighted by Gasteiger charge is 2.05. The second kappa shape index (κ2) is 6.36. The van der Waals surface area contributed by atoms with Crippen molar-refractivity contribution in [1.29, 1.82) is 0 Å². The van der Waals surface area contributed by atoms with Crippen LogP contribution in [0.1, 0.15) is 12.8 Å². The zero-order chi connectivity index (χ0) is 7.11. The second-order valence-corrected chi connectivity index (χ2v) is 1.97. The second-order valence-electron chi connectivity index (χ2n) is 1.59. The van der Waals surface area contributed by atoms with E-state index in [-0.39, 0.29) is 0 Å². The quantitative estimate of drug-likeness (QED) is 0.331. The van der Waals surface area contributed by atoms with Crippen LogP contribution in [0.5, 0.6) is 0 Å². The van der Waals surface area contributed by atoms with Crippen LogP contribution in [0.2, 0.25) is 0 Å². The van der Waals surface area contributed by atoms with Crippen molar-refractivity contribution in [1.82, 2.24) is 0 Å². The molecule has 0 bridgehead atoms. The summed E-state index contributed by atoms with van der Waals surface area (Å²) < 4.78 is 4.40. The minimum atomic E-state index is -1.64. The molecule has 3 nitrogen and oxygen atoms in total. The summed E-state index contributed by atoms with van der Waals surface area (Å²) in [6.45, 7) is 0.352. The smallest absolute Gasteiger partial charge is 0.402 e. The third kappa shape index (κ3) is 8.23. The Bertz CT molecular complexity index is 61.8. The lowest BCUT2D eigenvalue weighted by Crippen LogP contribution is -2.17. The van der Waals surface area contributed by atoms with Crippen molar-refractivity contribution in [2.45, 2.75) is 12.8 Å². The molecular formula is C4H10BClO3. The predicted octanol–water partition coefficient (Wildman–Crippen LogP) is -0.00850. The largest absolute Gasteiger partial charge is 0.633 e. The molecule has 2 N–H and O–H groups in total. The van der Waals surface area contributed by atoms with E-state index in [1.54, 1.807) is 0 Å². The zero-order valence-electron chi connectivity index (χ0n) is 5.09. The predicted molar refractivity (Wildman–Crippen MR) is 36.1 cm³/mol. The lowest BCUT2D eigenvalue weighted by atomic mass is 10.2. The van der Waals surface area contributed by atoms with E-state index in [9.17, 15) is 0 Å². The van der Waals surface area contributed by atoms with Gasteiger partial charge in [0.2, 0.25) is 0 Å². The molecule has 0 aromatic carbocycles. The highest BCUT2D eigenvalue weighted by Crippen LogP contribution is 1.91. The van der Waals surface area contributed by atoms with Gasteiger partial charge in [0, 0.05) is 12.5 Å². The molecule has 0 aliphatic carbocycles. The Balaban J connectivity index is 2.75. The van der Waals surface area contributed by atoms with Gasteiger partial charge in [0.05, 0.1) is 0 Å². The molecule has 0 heterocycles. The molecule has 0 radical (unpaired) electrons. The van der Waals surface area contributed by atoms with Gasteiger partial charge in [-0.2, -0.15) is 0 Å². The number of alkyl halides is 1. The summed E-state index contributed by atoms with van der Waals surface area (Å²) in [5.74, 6) is 0.588. The fourth-order valence-electron chi connectivity index (χ4n) is 0.385. The minimum absolute atomic E-state index is 0.352. The highest BCUT2D eigenvalue weighted by molar-refractivity contribution is 6.32. The van der Waals surface area contributed by atoms with Gasteiger partial charge in [-0.3, -0.25) is 0 Å². The molecule has 0 rings (SSSR count). The van der Waals surface area contributed by atoms with E-state index in [1.807, 2.05) is 0 Å². The van der Waals surface area contributed by atoms with Crippen LogP contribution in [-0.2, 0) is 4.65 Å². The maximum absolute atomic E-state index is 8.15. The first kappa shape index (κ1) is 9.23. The van der Waals surface area contributed by atoms with Crippen molar-refractivity contribution < 1.29 is 14.7 Å². The first-order chi connectivity index (χ1) is 4.27. The molecule has 0 fully saturated rings. The molecule has 9 heavy (non-hydrogen) atoms. The number of hydrogen-bond donors (Lipinski definition) is 2. The Morgan fingerprint density at radius 2 is 2.00 bits per heavy atom. The van der Waals surface area contributed by atoms with Crippen molar-refractivity contribution in [2.24, 2.45) is 0 Å². The average molecular weight is 152 g/mol. The van der Waals surface area contributed by atoms with Crippen molar-refractivity contribution >= 4 is 18.9 Å². The third-order valence-electron chi connectivity index (χ3n) is 0.795. The molecular weight excluding hydrogens is 142 g/mol. The molecule has 5 heteroatoms. The van der Waals surface area contributed by atoms with Crippen LogP contribution in [0, 0.1) is 0 Å². The van der Waals surface area contributed by atoms with Gasteiger partial charge in [0.25, 0.3) is 0 Å². The number of halogens is 1. The van der Waals surface area contributed by atoms with Crippen molar-refractivity contribution in [3.8, 4) is 0 Å². The standard InChI is InChI=1S/C4H10BClO3/c6-3-1-2-4-9-5(7)8/h7-8H,1-4H2. The van der Waals surface area contributed by atoms with E-state index in [2.05, 4.69) is 4.65 Å². The van der Waals surface area contributed by atoms with Crippen molar-refractivity contribution in [2.75, 3.05) is 12.5 Å². The fourth-order valence-corrected chi connectivity index (χ4v) is 0.574. The maximum atomic E-state index is 8.15. The lowest BCUT2D eigenvalue weighted by Gasteiger charge is -1.98. The summed E-state index contributed by atoms with van der Waals surface area (Å²) in [5, 5.41) is 16.3. The van der Waals surface area contributed by atoms with Gasteiger partial charge in [0.1, 0.15) is 0 Å². The monoisotopic (exact) mass is 152 g/mol. The molecule has 0 aromatic rings. The molecule has 54 valence electrons. The zero-order valence-corrected chi connectivity index (χ0v) is 5.84. The Kier molecular flexibility index (Phi) is 6.52. The first-order valence-electron chi connectivity index (χ1n) is 2.81. The average Bonchev–Trinajstić information content (AvgIpc) is 1.80.